The van der Waals surface area contributed by atoms with Gasteiger partial charge in [0.1, 0.15) is 22.9 Å². The van der Waals surface area contributed by atoms with E-state index >= 15 is 0 Å². The fraction of sp³-hybridized carbons (Fsp3) is 0.400. The van der Waals surface area contributed by atoms with E-state index in [-0.39, 0.29) is 50.1 Å². The van der Waals surface area contributed by atoms with Gasteiger partial charge in [-0.1, -0.05) is 62.7 Å². The first-order valence-corrected chi connectivity index (χ1v) is 21.2. The van der Waals surface area contributed by atoms with Crippen LogP contribution < -0.4 is 25.2 Å². The molecule has 0 atom stereocenters. The van der Waals surface area contributed by atoms with E-state index in [1.54, 1.807) is 74.9 Å². The average molecular weight is 798 g/mol. The van der Waals surface area contributed by atoms with E-state index in [0.29, 0.717) is 40.9 Å². The Hall–Kier alpha value is -4.36. The summed E-state index contributed by atoms with van der Waals surface area (Å²) in [5, 5.41) is 3.63. The van der Waals surface area contributed by atoms with Gasteiger partial charge in [0.05, 0.1) is 46.7 Å². The molecule has 0 saturated carbocycles. The van der Waals surface area contributed by atoms with Crippen molar-refractivity contribution in [3.05, 3.63) is 81.2 Å². The molecule has 2 aromatic heterocycles. The van der Waals surface area contributed by atoms with Gasteiger partial charge >= 0.3 is 6.09 Å². The Kier molecular flexibility index (Phi) is 13.0. The molecular weight excluding hydrogens is 747 g/mol. The van der Waals surface area contributed by atoms with E-state index in [0.717, 1.165) is 6.08 Å². The van der Waals surface area contributed by atoms with Crippen LogP contribution in [0.3, 0.4) is 0 Å². The molecule has 54 heavy (non-hydrogen) atoms. The van der Waals surface area contributed by atoms with E-state index in [4.69, 9.17) is 46.8 Å². The van der Waals surface area contributed by atoms with E-state index < -0.39 is 31.5 Å². The number of carbonyl (C=O) groups is 2. The van der Waals surface area contributed by atoms with Crippen molar-refractivity contribution in [3.8, 4) is 22.6 Å². The van der Waals surface area contributed by atoms with Gasteiger partial charge in [-0.05, 0) is 76.0 Å². The van der Waals surface area contributed by atoms with Crippen molar-refractivity contribution in [2.45, 2.75) is 85.2 Å². The molecule has 4 aromatic rings. The zero-order chi connectivity index (χ0) is 40.3. The lowest BCUT2D eigenvalue weighted by Gasteiger charge is -2.36. The first-order valence-electron chi connectivity index (χ1n) is 17.5. The number of nitrogens with one attached hydrogen (secondary N) is 1. The highest BCUT2D eigenvalue weighted by Crippen LogP contribution is 2.46. The van der Waals surface area contributed by atoms with Crippen molar-refractivity contribution in [1.82, 2.24) is 9.55 Å². The average Bonchev–Trinajstić information content (AvgIpc) is 3.08. The molecule has 0 unspecified atom stereocenters. The summed E-state index contributed by atoms with van der Waals surface area (Å²) in [5.74, 6) is 0.240. The number of nitrogens with zero attached hydrogens (tertiary/aromatic N) is 3. The summed E-state index contributed by atoms with van der Waals surface area (Å²) < 4.78 is 25.0. The van der Waals surface area contributed by atoms with E-state index in [1.165, 1.54) is 19.1 Å². The molecule has 290 valence electrons. The zero-order valence-electron chi connectivity index (χ0n) is 32.9. The number of amides is 2. The molecule has 2 heterocycles. The molecule has 4 rings (SSSR count). The van der Waals surface area contributed by atoms with Gasteiger partial charge in [-0.2, -0.15) is 0 Å². The van der Waals surface area contributed by atoms with E-state index in [2.05, 4.69) is 45.8 Å². The molecule has 0 spiro atoms. The van der Waals surface area contributed by atoms with Crippen molar-refractivity contribution in [1.29, 1.82) is 0 Å². The Labute approximate surface area is 328 Å². The number of methoxy groups -OCH3 is 2. The lowest BCUT2D eigenvalue weighted by Crippen LogP contribution is -2.41. The van der Waals surface area contributed by atoms with Gasteiger partial charge in [0.2, 0.25) is 5.91 Å². The molecule has 14 heteroatoms. The summed E-state index contributed by atoms with van der Waals surface area (Å²) in [4.78, 5) is 47.4. The second-order valence-corrected chi connectivity index (χ2v) is 20.9. The molecular formula is C40H50Cl2N4O7Si. The summed E-state index contributed by atoms with van der Waals surface area (Å²) >= 11 is 13.7. The first-order chi connectivity index (χ1) is 25.1. The molecule has 0 aliphatic carbocycles. The van der Waals surface area contributed by atoms with Crippen LogP contribution in [-0.4, -0.2) is 56.3 Å². The van der Waals surface area contributed by atoms with Crippen molar-refractivity contribution < 1.29 is 28.2 Å². The van der Waals surface area contributed by atoms with Crippen molar-refractivity contribution in [2.24, 2.45) is 0 Å². The minimum absolute atomic E-state index is 0.000623. The maximum absolute atomic E-state index is 14.7. The summed E-state index contributed by atoms with van der Waals surface area (Å²) in [7, 11) is 0.841. The van der Waals surface area contributed by atoms with Gasteiger partial charge in [0.25, 0.3) is 5.56 Å². The van der Waals surface area contributed by atoms with E-state index in [1.807, 2.05) is 0 Å². The summed E-state index contributed by atoms with van der Waals surface area (Å²) in [5.41, 5.74) is 0.963. The van der Waals surface area contributed by atoms with Crippen LogP contribution in [0.2, 0.25) is 28.2 Å². The van der Waals surface area contributed by atoms with Crippen LogP contribution in [0, 0.1) is 6.92 Å². The zero-order valence-corrected chi connectivity index (χ0v) is 35.4. The Morgan fingerprint density at radius 2 is 1.65 bits per heavy atom. The molecule has 2 amide bonds. The van der Waals surface area contributed by atoms with Crippen LogP contribution in [0.4, 0.5) is 22.0 Å². The van der Waals surface area contributed by atoms with Crippen LogP contribution in [0.1, 0.15) is 53.5 Å². The standard InChI is InChI=1S/C40H50Cl2N4O7Si/c1-13-32(47)44-27-17-14-16-24(2)36(27)46(38(49)53-39(3,4)5)31-21-28-25(23-43-31)20-26(33-34(41)29(50-9)22-30(51-10)35(33)42)37(48)45(28)18-15-19-52-54(11,12)40(6,7)8/h13-14,16-17,20-23H,1,15,18-19H2,2-12H3,(H,44,47). The van der Waals surface area contributed by atoms with Crippen molar-refractivity contribution in [2.75, 3.05) is 31.0 Å². The number of anilines is 3. The van der Waals surface area contributed by atoms with Crippen molar-refractivity contribution in [3.63, 3.8) is 0 Å². The monoisotopic (exact) mass is 796 g/mol. The molecule has 0 fully saturated rings. The number of halogens is 2. The number of ether oxygens (including phenoxy) is 3. The van der Waals surface area contributed by atoms with Gasteiger partial charge in [0, 0.05) is 42.4 Å². The number of hydrogen-bond acceptors (Lipinski definition) is 8. The highest BCUT2D eigenvalue weighted by Gasteiger charge is 2.37. The Bertz CT molecular complexity index is 2110. The third-order valence-corrected chi connectivity index (χ3v) is 14.6. The van der Waals surface area contributed by atoms with Crippen LogP contribution in [0.5, 0.6) is 11.5 Å². The number of rotatable bonds is 12. The number of aromatic nitrogens is 2. The summed E-state index contributed by atoms with van der Waals surface area (Å²) in [6, 6.07) is 10.1. The predicted octanol–water partition coefficient (Wildman–Crippen LogP) is 10.3. The van der Waals surface area contributed by atoms with Crippen molar-refractivity contribution >= 4 is 71.6 Å². The molecule has 0 bridgehead atoms. The number of aryl methyl sites for hydroxylation is 2. The quantitative estimate of drug-likeness (QED) is 0.0854. The fourth-order valence-corrected chi connectivity index (χ4v) is 7.31. The number of benzene rings is 2. The maximum Gasteiger partial charge on any atom is 0.420 e. The molecule has 0 saturated heterocycles. The van der Waals surface area contributed by atoms with E-state index in [9.17, 15) is 14.4 Å². The second-order valence-electron chi connectivity index (χ2n) is 15.3. The minimum atomic E-state index is -2.08. The van der Waals surface area contributed by atoms with Crippen LogP contribution in [0.25, 0.3) is 22.0 Å². The normalized spacial score (nSPS) is 12.0. The summed E-state index contributed by atoms with van der Waals surface area (Å²) in [6.45, 7) is 22.2. The lowest BCUT2D eigenvalue weighted by molar-refractivity contribution is -0.111. The Morgan fingerprint density at radius 1 is 1.02 bits per heavy atom. The Morgan fingerprint density at radius 3 is 2.20 bits per heavy atom. The SMILES string of the molecule is C=CC(=O)Nc1cccc(C)c1N(C(=O)OC(C)(C)C)c1cc2c(cn1)cc(-c1c(Cl)c(OC)cc(OC)c1Cl)c(=O)n2CCCO[Si](C)(C)C(C)(C)C. The lowest BCUT2D eigenvalue weighted by atomic mass is 10.0. The van der Waals surface area contributed by atoms with Crippen LogP contribution in [0.15, 0.2) is 60.0 Å². The molecule has 0 aliphatic heterocycles. The molecule has 2 aromatic carbocycles. The highest BCUT2D eigenvalue weighted by atomic mass is 35.5. The molecule has 0 aliphatic rings. The minimum Gasteiger partial charge on any atom is -0.495 e. The number of carbonyl (C=O) groups excluding carboxylic acids is 2. The van der Waals surface area contributed by atoms with Gasteiger partial charge in [-0.15, -0.1) is 0 Å². The highest BCUT2D eigenvalue weighted by molar-refractivity contribution is 6.74. The fourth-order valence-electron chi connectivity index (χ4n) is 5.52. The maximum atomic E-state index is 14.7. The molecule has 0 radical (unpaired) electrons. The van der Waals surface area contributed by atoms with Crippen LogP contribution >= 0.6 is 23.2 Å². The van der Waals surface area contributed by atoms with Gasteiger partial charge < -0.3 is 28.5 Å². The number of hydrogen-bond donors (Lipinski definition) is 1. The van der Waals surface area contributed by atoms with Gasteiger partial charge in [0.15, 0.2) is 8.32 Å². The second kappa shape index (κ2) is 16.6. The predicted molar refractivity (Wildman–Crippen MR) is 221 cm³/mol. The topological polar surface area (TPSA) is 121 Å². The largest absolute Gasteiger partial charge is 0.495 e. The smallest absolute Gasteiger partial charge is 0.420 e. The number of fused-ring (bicyclic) bond motifs is 1. The summed E-state index contributed by atoms with van der Waals surface area (Å²) in [6.07, 6.45) is 2.46. The first kappa shape index (κ1) is 42.4. The molecule has 1 N–H and O–H groups in total. The molecule has 11 nitrogen and oxygen atoms in total. The van der Waals surface area contributed by atoms with Gasteiger partial charge in [-0.25, -0.2) is 14.7 Å². The van der Waals surface area contributed by atoms with Crippen LogP contribution in [-0.2, 0) is 20.5 Å². The Balaban J connectivity index is 2.02. The van der Waals surface area contributed by atoms with Gasteiger partial charge in [-0.3, -0.25) is 9.59 Å². The third kappa shape index (κ3) is 9.11. The third-order valence-electron chi connectivity index (χ3n) is 9.31. The number of pyridine rings is 2. The number of para-hydroxylation sites is 1.